The first kappa shape index (κ1) is 23.4. The first-order valence-electron chi connectivity index (χ1n) is 10.2. The van der Waals surface area contributed by atoms with Crippen molar-refractivity contribution in [2.75, 3.05) is 54.1 Å². The second-order valence-corrected chi connectivity index (χ2v) is 9.79. The summed E-state index contributed by atoms with van der Waals surface area (Å²) < 4.78 is 27.3. The Kier molecular flexibility index (Phi) is 7.51. The van der Waals surface area contributed by atoms with Crippen LogP contribution in [-0.4, -0.2) is 64.6 Å². The van der Waals surface area contributed by atoms with Crippen LogP contribution in [0.1, 0.15) is 17.0 Å². The van der Waals surface area contributed by atoms with Gasteiger partial charge >= 0.3 is 6.09 Å². The Morgan fingerprint density at radius 3 is 2.13 bits per heavy atom. The van der Waals surface area contributed by atoms with E-state index in [0.717, 1.165) is 22.3 Å². The summed E-state index contributed by atoms with van der Waals surface area (Å²) in [5.41, 5.74) is 4.55. The number of carbonyl (C=O) groups excluding carboxylic acids is 1. The summed E-state index contributed by atoms with van der Waals surface area (Å²) in [5, 5.41) is 2.50. The van der Waals surface area contributed by atoms with Crippen LogP contribution in [0.2, 0.25) is 0 Å². The number of phosphoric acid groups is 1. The van der Waals surface area contributed by atoms with E-state index in [-0.39, 0.29) is 32.3 Å². The lowest BCUT2D eigenvalue weighted by molar-refractivity contribution is -0.870. The zero-order valence-electron chi connectivity index (χ0n) is 18.1. The van der Waals surface area contributed by atoms with Gasteiger partial charge in [0.25, 0.3) is 7.82 Å². The summed E-state index contributed by atoms with van der Waals surface area (Å²) in [6.45, 7) is 0.504. The van der Waals surface area contributed by atoms with Gasteiger partial charge in [-0.05, 0) is 22.3 Å². The molecule has 31 heavy (non-hydrogen) atoms. The third-order valence-electron chi connectivity index (χ3n) is 4.98. The highest BCUT2D eigenvalue weighted by molar-refractivity contribution is 7.45. The van der Waals surface area contributed by atoms with Gasteiger partial charge in [0.2, 0.25) is 0 Å². The smallest absolute Gasteiger partial charge is 0.407 e. The standard InChI is InChI=1S/C22H29N2O6P/c1-24(2,3)13-15-30-31(26,27)29-14-12-23-22(25)28-16-21-19-10-6-4-8-17(19)18-9-5-7-11-20(18)21/h4-11,21H,12-16H2,1-3H3,(H-,23,25,26,27). The lowest BCUT2D eigenvalue weighted by Crippen LogP contribution is -2.37. The van der Waals surface area contributed by atoms with Crippen molar-refractivity contribution in [1.29, 1.82) is 0 Å². The van der Waals surface area contributed by atoms with Crippen LogP contribution in [0.5, 0.6) is 0 Å². The molecule has 1 amide bonds. The van der Waals surface area contributed by atoms with E-state index < -0.39 is 13.9 Å². The van der Waals surface area contributed by atoms with Crippen molar-refractivity contribution in [3.63, 3.8) is 0 Å². The second-order valence-electron chi connectivity index (χ2n) is 8.38. The van der Waals surface area contributed by atoms with Crippen LogP contribution in [0, 0.1) is 0 Å². The number of quaternary nitrogens is 1. The molecular formula is C22H29N2O6P. The molecule has 0 aromatic heterocycles. The Morgan fingerprint density at radius 1 is 1.00 bits per heavy atom. The highest BCUT2D eigenvalue weighted by Gasteiger charge is 2.28. The Hall–Kier alpha value is -2.22. The number of carbonyl (C=O) groups is 1. The van der Waals surface area contributed by atoms with E-state index >= 15 is 0 Å². The molecule has 0 saturated carbocycles. The lowest BCUT2D eigenvalue weighted by Gasteiger charge is -2.27. The van der Waals surface area contributed by atoms with Crippen molar-refractivity contribution >= 4 is 13.9 Å². The van der Waals surface area contributed by atoms with Crippen LogP contribution in [0.25, 0.3) is 11.1 Å². The third kappa shape index (κ3) is 6.63. The number of amides is 1. The van der Waals surface area contributed by atoms with Gasteiger partial charge in [-0.2, -0.15) is 0 Å². The zero-order valence-corrected chi connectivity index (χ0v) is 19.0. The maximum Gasteiger partial charge on any atom is 0.407 e. The molecule has 1 aliphatic carbocycles. The molecule has 1 aliphatic rings. The highest BCUT2D eigenvalue weighted by Crippen LogP contribution is 2.44. The van der Waals surface area contributed by atoms with Gasteiger partial charge in [0.1, 0.15) is 19.8 Å². The van der Waals surface area contributed by atoms with Gasteiger partial charge < -0.3 is 28.5 Å². The first-order valence-corrected chi connectivity index (χ1v) is 11.6. The number of alkyl carbamates (subject to hydrolysis) is 1. The average molecular weight is 448 g/mol. The van der Waals surface area contributed by atoms with E-state index in [2.05, 4.69) is 17.4 Å². The molecule has 2 aromatic rings. The number of hydrogen-bond donors (Lipinski definition) is 1. The van der Waals surface area contributed by atoms with E-state index in [1.54, 1.807) is 0 Å². The summed E-state index contributed by atoms with van der Waals surface area (Å²) in [6, 6.07) is 16.1. The largest absolute Gasteiger partial charge is 0.756 e. The van der Waals surface area contributed by atoms with E-state index in [0.29, 0.717) is 11.0 Å². The molecule has 0 heterocycles. The number of phosphoric ester groups is 1. The molecule has 8 nitrogen and oxygen atoms in total. The maximum atomic E-state index is 12.1. The number of benzene rings is 2. The number of nitrogens with one attached hydrogen (secondary N) is 1. The van der Waals surface area contributed by atoms with Crippen LogP contribution in [0.15, 0.2) is 48.5 Å². The Bertz CT molecular complexity index is 914. The van der Waals surface area contributed by atoms with Crippen molar-refractivity contribution in [3.05, 3.63) is 59.7 Å². The van der Waals surface area contributed by atoms with Crippen LogP contribution >= 0.6 is 7.82 Å². The van der Waals surface area contributed by atoms with E-state index in [9.17, 15) is 14.3 Å². The van der Waals surface area contributed by atoms with Crippen LogP contribution in [-0.2, 0) is 18.3 Å². The number of likely N-dealkylation sites (N-methyl/N-ethyl adjacent to an activating group) is 1. The monoisotopic (exact) mass is 448 g/mol. The van der Waals surface area contributed by atoms with Gasteiger partial charge in [0, 0.05) is 12.5 Å². The van der Waals surface area contributed by atoms with E-state index in [1.807, 2.05) is 57.5 Å². The van der Waals surface area contributed by atoms with Crippen LogP contribution < -0.4 is 10.2 Å². The number of fused-ring (bicyclic) bond motifs is 3. The number of ether oxygens (including phenoxy) is 1. The molecule has 1 atom stereocenters. The number of rotatable bonds is 10. The molecule has 9 heteroatoms. The topological polar surface area (TPSA) is 96.9 Å². The normalized spacial score (nSPS) is 15.1. The summed E-state index contributed by atoms with van der Waals surface area (Å²) >= 11 is 0. The summed E-state index contributed by atoms with van der Waals surface area (Å²) in [5.74, 6) is -0.0362. The average Bonchev–Trinajstić information content (AvgIpc) is 3.02. The third-order valence-corrected chi connectivity index (χ3v) is 5.97. The van der Waals surface area contributed by atoms with Crippen molar-refractivity contribution in [2.45, 2.75) is 5.92 Å². The molecule has 168 valence electrons. The highest BCUT2D eigenvalue weighted by atomic mass is 31.2. The Balaban J connectivity index is 1.42. The van der Waals surface area contributed by atoms with Crippen LogP contribution in [0.4, 0.5) is 4.79 Å². The predicted octanol–water partition coefficient (Wildman–Crippen LogP) is 2.73. The molecule has 0 fully saturated rings. The van der Waals surface area contributed by atoms with E-state index in [1.165, 1.54) is 0 Å². The molecule has 0 spiro atoms. The summed E-state index contributed by atoms with van der Waals surface area (Å²) in [4.78, 5) is 23.8. The minimum absolute atomic E-state index is 0.0123. The van der Waals surface area contributed by atoms with E-state index in [4.69, 9.17) is 13.8 Å². The van der Waals surface area contributed by atoms with Crippen LogP contribution in [0.3, 0.4) is 0 Å². The summed E-state index contributed by atoms with van der Waals surface area (Å²) in [6.07, 6.45) is -0.628. The van der Waals surface area contributed by atoms with Gasteiger partial charge in [0.15, 0.2) is 0 Å². The molecule has 0 bridgehead atoms. The fourth-order valence-corrected chi connectivity index (χ4v) is 4.12. The fourth-order valence-electron chi connectivity index (χ4n) is 3.42. The minimum Gasteiger partial charge on any atom is -0.756 e. The molecule has 1 N–H and O–H groups in total. The second kappa shape index (κ2) is 9.94. The minimum atomic E-state index is -4.40. The SMILES string of the molecule is C[N+](C)(C)CCOP(=O)([O-])OCCNC(=O)OCC1c2ccccc2-c2ccccc21. The molecule has 2 aromatic carbocycles. The van der Waals surface area contributed by atoms with Gasteiger partial charge in [-0.1, -0.05) is 48.5 Å². The van der Waals surface area contributed by atoms with Gasteiger partial charge in [-0.3, -0.25) is 4.57 Å². The summed E-state index contributed by atoms with van der Waals surface area (Å²) in [7, 11) is 1.39. The molecular weight excluding hydrogens is 419 g/mol. The van der Waals surface area contributed by atoms with Gasteiger partial charge in [-0.15, -0.1) is 0 Å². The van der Waals surface area contributed by atoms with Gasteiger partial charge in [-0.25, -0.2) is 4.79 Å². The quantitative estimate of drug-likeness (QED) is 0.341. The number of nitrogens with zero attached hydrogens (tertiary/aromatic N) is 1. The van der Waals surface area contributed by atoms with Gasteiger partial charge in [0.05, 0.1) is 27.7 Å². The molecule has 3 rings (SSSR count). The van der Waals surface area contributed by atoms with Crippen molar-refractivity contribution in [3.8, 4) is 11.1 Å². The molecule has 0 saturated heterocycles. The number of hydrogen-bond acceptors (Lipinski definition) is 6. The van der Waals surface area contributed by atoms with Crippen molar-refractivity contribution < 1.29 is 32.5 Å². The molecule has 0 radical (unpaired) electrons. The predicted molar refractivity (Wildman–Crippen MR) is 115 cm³/mol. The Morgan fingerprint density at radius 2 is 1.55 bits per heavy atom. The van der Waals surface area contributed by atoms with Crippen molar-refractivity contribution in [2.24, 2.45) is 0 Å². The first-order chi connectivity index (χ1) is 14.7. The zero-order chi connectivity index (χ0) is 22.5. The molecule has 1 unspecified atom stereocenters. The molecule has 0 aliphatic heterocycles. The lowest BCUT2D eigenvalue weighted by atomic mass is 9.98. The van der Waals surface area contributed by atoms with Crippen molar-refractivity contribution in [1.82, 2.24) is 5.32 Å². The fraction of sp³-hybridized carbons (Fsp3) is 0.409. The maximum absolute atomic E-state index is 12.1. The Labute approximate surface area is 182 Å².